The molecule has 0 unspecified atom stereocenters. The topological polar surface area (TPSA) is 61.3 Å². The van der Waals surface area contributed by atoms with E-state index in [-0.39, 0.29) is 6.01 Å². The summed E-state index contributed by atoms with van der Waals surface area (Å²) in [7, 11) is 0. The van der Waals surface area contributed by atoms with Gasteiger partial charge in [-0.3, -0.25) is 0 Å². The van der Waals surface area contributed by atoms with E-state index in [1.54, 1.807) is 6.20 Å². The first kappa shape index (κ1) is 10.8. The predicted octanol–water partition coefficient (Wildman–Crippen LogP) is 0.903. The lowest BCUT2D eigenvalue weighted by atomic mass is 10.1. The molecule has 17 heavy (non-hydrogen) atoms. The maximum Gasteiger partial charge on any atom is 0.315 e. The van der Waals surface area contributed by atoms with Gasteiger partial charge in [-0.1, -0.05) is 0 Å². The van der Waals surface area contributed by atoms with Crippen LogP contribution in [0.25, 0.3) is 0 Å². The molecule has 1 aliphatic heterocycles. The van der Waals surface area contributed by atoms with E-state index in [1.165, 1.54) is 25.7 Å². The summed E-state index contributed by atoms with van der Waals surface area (Å²) in [5, 5.41) is 12.8. The molecule has 0 radical (unpaired) electrons. The van der Waals surface area contributed by atoms with Gasteiger partial charge in [-0.25, -0.2) is 4.98 Å². The van der Waals surface area contributed by atoms with Crippen LogP contribution in [0.2, 0.25) is 0 Å². The van der Waals surface area contributed by atoms with Crippen molar-refractivity contribution in [3.63, 3.8) is 0 Å². The van der Waals surface area contributed by atoms with Gasteiger partial charge in [0.2, 0.25) is 0 Å². The van der Waals surface area contributed by atoms with Crippen LogP contribution < -0.4 is 10.2 Å². The molecule has 1 aliphatic carbocycles. The Morgan fingerprint density at radius 2 is 2.18 bits per heavy atom. The maximum absolute atomic E-state index is 9.40. The minimum absolute atomic E-state index is 0.128. The van der Waals surface area contributed by atoms with Crippen molar-refractivity contribution in [1.29, 1.82) is 0 Å². The summed E-state index contributed by atoms with van der Waals surface area (Å²) in [6.07, 6.45) is 6.52. The van der Waals surface area contributed by atoms with Crippen molar-refractivity contribution < 1.29 is 5.11 Å². The highest BCUT2D eigenvalue weighted by Gasteiger charge is 2.35. The fourth-order valence-corrected chi connectivity index (χ4v) is 2.58. The molecule has 2 N–H and O–H groups in total. The van der Waals surface area contributed by atoms with E-state index < -0.39 is 0 Å². The van der Waals surface area contributed by atoms with Gasteiger partial charge in [0.05, 0.1) is 0 Å². The lowest BCUT2D eigenvalue weighted by Gasteiger charge is -2.35. The average Bonchev–Trinajstić information content (AvgIpc) is 3.15. The van der Waals surface area contributed by atoms with E-state index in [0.29, 0.717) is 12.1 Å². The van der Waals surface area contributed by atoms with Gasteiger partial charge in [0, 0.05) is 24.8 Å². The molecule has 2 fully saturated rings. The fourth-order valence-electron chi connectivity index (χ4n) is 2.58. The van der Waals surface area contributed by atoms with Crippen LogP contribution in [0.1, 0.15) is 25.7 Å². The molecular weight excluding hydrogens is 216 g/mol. The smallest absolute Gasteiger partial charge is 0.315 e. The van der Waals surface area contributed by atoms with Crippen molar-refractivity contribution in [2.45, 2.75) is 37.8 Å². The third-order valence-electron chi connectivity index (χ3n) is 3.50. The van der Waals surface area contributed by atoms with E-state index in [4.69, 9.17) is 0 Å². The largest absolute Gasteiger partial charge is 0.479 e. The zero-order chi connectivity index (χ0) is 11.7. The zero-order valence-electron chi connectivity index (χ0n) is 9.84. The van der Waals surface area contributed by atoms with Crippen LogP contribution in [0.5, 0.6) is 6.01 Å². The summed E-state index contributed by atoms with van der Waals surface area (Å²) >= 11 is 0. The number of nitrogens with zero attached hydrogens (tertiary/aromatic N) is 3. The molecule has 1 saturated heterocycles. The first-order valence-electron chi connectivity index (χ1n) is 6.35. The van der Waals surface area contributed by atoms with Gasteiger partial charge in [-0.15, -0.1) is 0 Å². The molecule has 5 heteroatoms. The number of hydrogen-bond acceptors (Lipinski definition) is 5. The fraction of sp³-hybridized carbons (Fsp3) is 0.667. The van der Waals surface area contributed by atoms with Crippen molar-refractivity contribution >= 4 is 5.82 Å². The molecule has 0 amide bonds. The Balaban J connectivity index is 1.83. The van der Waals surface area contributed by atoms with Crippen molar-refractivity contribution in [3.05, 3.63) is 12.3 Å². The second-order valence-corrected chi connectivity index (χ2v) is 4.85. The lowest BCUT2D eigenvalue weighted by Crippen LogP contribution is -2.47. The number of aromatic hydroxyl groups is 1. The van der Waals surface area contributed by atoms with Crippen LogP contribution in [-0.2, 0) is 0 Å². The monoisotopic (exact) mass is 234 g/mol. The second kappa shape index (κ2) is 4.49. The minimum atomic E-state index is -0.128. The third kappa shape index (κ3) is 2.34. The number of piperidine rings is 1. The summed E-state index contributed by atoms with van der Waals surface area (Å²) in [5.41, 5.74) is 0. The number of hydrogen-bond donors (Lipinski definition) is 2. The SMILES string of the molecule is Oc1nccc(N(C2CC2)[C@@H]2CCCNC2)n1. The average molecular weight is 234 g/mol. The van der Waals surface area contributed by atoms with Crippen LogP contribution in [-0.4, -0.2) is 40.2 Å². The number of nitrogens with one attached hydrogen (secondary N) is 1. The van der Waals surface area contributed by atoms with E-state index in [2.05, 4.69) is 20.2 Å². The Morgan fingerprint density at radius 3 is 2.82 bits per heavy atom. The highest BCUT2D eigenvalue weighted by Crippen LogP contribution is 2.34. The molecule has 92 valence electrons. The highest BCUT2D eigenvalue weighted by molar-refractivity contribution is 5.43. The Kier molecular flexibility index (Phi) is 2.84. The normalized spacial score (nSPS) is 24.6. The van der Waals surface area contributed by atoms with Gasteiger partial charge < -0.3 is 15.3 Å². The van der Waals surface area contributed by atoms with Gasteiger partial charge in [-0.2, -0.15) is 4.98 Å². The number of rotatable bonds is 3. The second-order valence-electron chi connectivity index (χ2n) is 4.85. The molecule has 0 spiro atoms. The van der Waals surface area contributed by atoms with Gasteiger partial charge >= 0.3 is 6.01 Å². The van der Waals surface area contributed by atoms with Gasteiger partial charge in [0.1, 0.15) is 5.82 Å². The molecule has 0 bridgehead atoms. The summed E-state index contributed by atoms with van der Waals surface area (Å²) in [6, 6.07) is 2.88. The predicted molar refractivity (Wildman–Crippen MR) is 65.1 cm³/mol. The van der Waals surface area contributed by atoms with E-state index in [1.807, 2.05) is 6.07 Å². The zero-order valence-corrected chi connectivity index (χ0v) is 9.84. The quantitative estimate of drug-likeness (QED) is 0.813. The van der Waals surface area contributed by atoms with Crippen LogP contribution in [0, 0.1) is 0 Å². The summed E-state index contributed by atoms with van der Waals surface area (Å²) in [5.74, 6) is 0.869. The number of aromatic nitrogens is 2. The molecule has 1 saturated carbocycles. The molecule has 1 aromatic heterocycles. The molecule has 1 atom stereocenters. The molecule has 1 aromatic rings. The third-order valence-corrected chi connectivity index (χ3v) is 3.50. The molecule has 0 aromatic carbocycles. The molecule has 2 heterocycles. The first-order chi connectivity index (χ1) is 8.34. The summed E-state index contributed by atoms with van der Waals surface area (Å²) < 4.78 is 0. The Bertz CT molecular complexity index is 388. The van der Waals surface area contributed by atoms with Crippen molar-refractivity contribution in [1.82, 2.24) is 15.3 Å². The number of anilines is 1. The Morgan fingerprint density at radius 1 is 1.29 bits per heavy atom. The van der Waals surface area contributed by atoms with E-state index >= 15 is 0 Å². The molecular formula is C12H18N4O. The molecule has 2 aliphatic rings. The summed E-state index contributed by atoms with van der Waals surface area (Å²) in [4.78, 5) is 10.3. The van der Waals surface area contributed by atoms with E-state index in [9.17, 15) is 5.11 Å². The van der Waals surface area contributed by atoms with Crippen molar-refractivity contribution in [2.75, 3.05) is 18.0 Å². The Labute approximate surface area is 101 Å². The first-order valence-corrected chi connectivity index (χ1v) is 6.35. The van der Waals surface area contributed by atoms with Crippen LogP contribution >= 0.6 is 0 Å². The van der Waals surface area contributed by atoms with Crippen LogP contribution in [0.15, 0.2) is 12.3 Å². The van der Waals surface area contributed by atoms with Crippen molar-refractivity contribution in [3.8, 4) is 6.01 Å². The molecule has 5 nitrogen and oxygen atoms in total. The Hall–Kier alpha value is -1.36. The van der Waals surface area contributed by atoms with Gasteiger partial charge in [0.25, 0.3) is 0 Å². The van der Waals surface area contributed by atoms with Crippen LogP contribution in [0.4, 0.5) is 5.82 Å². The lowest BCUT2D eigenvalue weighted by molar-refractivity contribution is 0.414. The highest BCUT2D eigenvalue weighted by atomic mass is 16.3. The van der Waals surface area contributed by atoms with Gasteiger partial charge in [-0.05, 0) is 38.3 Å². The van der Waals surface area contributed by atoms with Crippen molar-refractivity contribution in [2.24, 2.45) is 0 Å². The van der Waals surface area contributed by atoms with E-state index in [0.717, 1.165) is 18.9 Å². The maximum atomic E-state index is 9.40. The standard InChI is InChI=1S/C12H18N4O/c17-12-14-7-5-11(15-12)16(9-3-4-9)10-2-1-6-13-8-10/h5,7,9-10,13H,1-4,6,8H2,(H,14,15,17)/t10-/m1/s1. The molecule has 3 rings (SSSR count). The van der Waals surface area contributed by atoms with Crippen LogP contribution in [0.3, 0.4) is 0 Å². The minimum Gasteiger partial charge on any atom is -0.479 e. The summed E-state index contributed by atoms with van der Waals surface area (Å²) in [6.45, 7) is 2.13. The van der Waals surface area contributed by atoms with Gasteiger partial charge in [0.15, 0.2) is 0 Å².